The maximum absolute atomic E-state index is 5.94. The van der Waals surface area contributed by atoms with E-state index in [-0.39, 0.29) is 0 Å². The maximum Gasteiger partial charge on any atom is 0.0406 e. The molecule has 2 aromatic rings. The first-order valence-corrected chi connectivity index (χ1v) is 7.57. The summed E-state index contributed by atoms with van der Waals surface area (Å²) in [5.41, 5.74) is 2.57. The summed E-state index contributed by atoms with van der Waals surface area (Å²) >= 11 is 5.94. The fourth-order valence-corrected chi connectivity index (χ4v) is 2.53. The molecule has 4 heteroatoms. The molecule has 0 saturated carbocycles. The van der Waals surface area contributed by atoms with Crippen molar-refractivity contribution in [3.63, 3.8) is 0 Å². The lowest BCUT2D eigenvalue weighted by atomic mass is 10.0. The molecule has 2 rings (SSSR count). The quantitative estimate of drug-likeness (QED) is 0.848. The molecule has 0 aliphatic carbocycles. The molecule has 0 radical (unpaired) electrons. The molecule has 21 heavy (non-hydrogen) atoms. The predicted molar refractivity (Wildman–Crippen MR) is 88.4 cm³/mol. The van der Waals surface area contributed by atoms with Crippen LogP contribution >= 0.6 is 11.6 Å². The molecule has 1 aromatic carbocycles. The Morgan fingerprint density at radius 2 is 1.81 bits per heavy atom. The zero-order valence-corrected chi connectivity index (χ0v) is 13.3. The molecule has 3 nitrogen and oxygen atoms in total. The molecule has 0 aliphatic rings. The molecule has 0 fully saturated rings. The van der Waals surface area contributed by atoms with E-state index in [1.807, 2.05) is 31.6 Å². The Kier molecular flexibility index (Phi) is 6.18. The van der Waals surface area contributed by atoms with Crippen LogP contribution in [0.15, 0.2) is 48.8 Å². The smallest absolute Gasteiger partial charge is 0.0406 e. The second-order valence-corrected chi connectivity index (χ2v) is 5.71. The highest BCUT2D eigenvalue weighted by molar-refractivity contribution is 6.30. The van der Waals surface area contributed by atoms with E-state index in [1.165, 1.54) is 11.1 Å². The third-order valence-electron chi connectivity index (χ3n) is 3.62. The van der Waals surface area contributed by atoms with Gasteiger partial charge in [-0.15, -0.1) is 0 Å². The first kappa shape index (κ1) is 16.0. The highest BCUT2D eigenvalue weighted by atomic mass is 35.5. The van der Waals surface area contributed by atoms with Crippen LogP contribution in [-0.4, -0.2) is 30.5 Å². The Balaban J connectivity index is 1.86. The van der Waals surface area contributed by atoms with E-state index in [0.717, 1.165) is 24.5 Å². The number of hydrogen-bond donors (Lipinski definition) is 1. The zero-order valence-electron chi connectivity index (χ0n) is 12.6. The lowest BCUT2D eigenvalue weighted by Gasteiger charge is -2.22. The van der Waals surface area contributed by atoms with Crippen LogP contribution in [0.5, 0.6) is 0 Å². The maximum atomic E-state index is 5.94. The van der Waals surface area contributed by atoms with E-state index in [1.54, 1.807) is 0 Å². The van der Waals surface area contributed by atoms with Gasteiger partial charge in [-0.3, -0.25) is 4.98 Å². The summed E-state index contributed by atoms with van der Waals surface area (Å²) in [7, 11) is 4.15. The lowest BCUT2D eigenvalue weighted by molar-refractivity contribution is 0.304. The van der Waals surface area contributed by atoms with Gasteiger partial charge in [0.05, 0.1) is 0 Å². The van der Waals surface area contributed by atoms with E-state index in [9.17, 15) is 0 Å². The average molecular weight is 304 g/mol. The van der Waals surface area contributed by atoms with Gasteiger partial charge < -0.3 is 10.2 Å². The number of benzene rings is 1. The minimum absolute atomic E-state index is 0.349. The summed E-state index contributed by atoms with van der Waals surface area (Å²) in [5.74, 6) is 0. The molecule has 1 atom stereocenters. The number of pyridine rings is 1. The zero-order chi connectivity index (χ0) is 15.1. The lowest BCUT2D eigenvalue weighted by Crippen LogP contribution is -2.25. The second-order valence-electron chi connectivity index (χ2n) is 5.27. The summed E-state index contributed by atoms with van der Waals surface area (Å²) in [5, 5.41) is 4.16. The Morgan fingerprint density at radius 3 is 2.43 bits per heavy atom. The van der Waals surface area contributed by atoms with Gasteiger partial charge in [-0.05, 0) is 62.5 Å². The second kappa shape index (κ2) is 8.13. The van der Waals surface area contributed by atoms with Crippen molar-refractivity contribution in [3.05, 3.63) is 64.9 Å². The number of rotatable bonds is 7. The molecule has 0 amide bonds. The van der Waals surface area contributed by atoms with E-state index in [4.69, 9.17) is 11.6 Å². The molecule has 1 aromatic heterocycles. The first-order chi connectivity index (χ1) is 10.2. The number of halogens is 1. The number of nitrogens with zero attached hydrogens (tertiary/aromatic N) is 2. The predicted octanol–water partition coefficient (Wildman–Crippen LogP) is 3.52. The SMILES string of the molecule is CNC(CCN(C)Cc1ccncc1)c1ccc(Cl)cc1. The molecule has 0 spiro atoms. The Labute approximate surface area is 132 Å². The van der Waals surface area contributed by atoms with Crippen LogP contribution in [0.2, 0.25) is 5.02 Å². The molecular formula is C17H22ClN3. The van der Waals surface area contributed by atoms with Gasteiger partial charge >= 0.3 is 0 Å². The van der Waals surface area contributed by atoms with Crippen LogP contribution in [0.3, 0.4) is 0 Å². The summed E-state index contributed by atoms with van der Waals surface area (Å²) in [6.45, 7) is 1.97. The molecular weight excluding hydrogens is 282 g/mol. The topological polar surface area (TPSA) is 28.2 Å². The highest BCUT2D eigenvalue weighted by Gasteiger charge is 2.10. The van der Waals surface area contributed by atoms with Gasteiger partial charge in [0.15, 0.2) is 0 Å². The third-order valence-corrected chi connectivity index (χ3v) is 3.87. The molecule has 0 saturated heterocycles. The van der Waals surface area contributed by atoms with Gasteiger partial charge in [0, 0.05) is 30.0 Å². The summed E-state index contributed by atoms with van der Waals surface area (Å²) in [6.07, 6.45) is 4.74. The van der Waals surface area contributed by atoms with Crippen LogP contribution in [0.4, 0.5) is 0 Å². The van der Waals surface area contributed by atoms with Crippen molar-refractivity contribution in [2.75, 3.05) is 20.6 Å². The van der Waals surface area contributed by atoms with Gasteiger partial charge in [0.1, 0.15) is 0 Å². The minimum atomic E-state index is 0.349. The van der Waals surface area contributed by atoms with Crippen LogP contribution in [0, 0.1) is 0 Å². The van der Waals surface area contributed by atoms with Crippen molar-refractivity contribution >= 4 is 11.6 Å². The van der Waals surface area contributed by atoms with E-state index >= 15 is 0 Å². The number of hydrogen-bond acceptors (Lipinski definition) is 3. The monoisotopic (exact) mass is 303 g/mol. The summed E-state index contributed by atoms with van der Waals surface area (Å²) in [4.78, 5) is 6.38. The van der Waals surface area contributed by atoms with Gasteiger partial charge in [-0.1, -0.05) is 23.7 Å². The largest absolute Gasteiger partial charge is 0.313 e. The fraction of sp³-hybridized carbons (Fsp3) is 0.353. The van der Waals surface area contributed by atoms with Crippen molar-refractivity contribution < 1.29 is 0 Å². The van der Waals surface area contributed by atoms with Gasteiger partial charge in [-0.25, -0.2) is 0 Å². The van der Waals surface area contributed by atoms with E-state index in [0.29, 0.717) is 6.04 Å². The van der Waals surface area contributed by atoms with Gasteiger partial charge in [0.25, 0.3) is 0 Å². The average Bonchev–Trinajstić information content (AvgIpc) is 2.50. The molecule has 1 heterocycles. The van der Waals surface area contributed by atoms with Gasteiger partial charge in [-0.2, -0.15) is 0 Å². The summed E-state index contributed by atoms with van der Waals surface area (Å²) in [6, 6.07) is 12.5. The van der Waals surface area contributed by atoms with Crippen molar-refractivity contribution in [3.8, 4) is 0 Å². The van der Waals surface area contributed by atoms with Crippen LogP contribution < -0.4 is 5.32 Å². The molecule has 112 valence electrons. The fourth-order valence-electron chi connectivity index (χ4n) is 2.40. The van der Waals surface area contributed by atoms with Crippen LogP contribution in [-0.2, 0) is 6.54 Å². The number of nitrogens with one attached hydrogen (secondary N) is 1. The summed E-state index contributed by atoms with van der Waals surface area (Å²) < 4.78 is 0. The molecule has 1 N–H and O–H groups in total. The minimum Gasteiger partial charge on any atom is -0.313 e. The Hall–Kier alpha value is -1.42. The Bertz CT molecular complexity index is 527. The molecule has 0 aliphatic heterocycles. The van der Waals surface area contributed by atoms with Crippen LogP contribution in [0.1, 0.15) is 23.6 Å². The Morgan fingerprint density at radius 1 is 1.14 bits per heavy atom. The van der Waals surface area contributed by atoms with E-state index < -0.39 is 0 Å². The van der Waals surface area contributed by atoms with Crippen molar-refractivity contribution in [1.29, 1.82) is 0 Å². The van der Waals surface area contributed by atoms with Crippen molar-refractivity contribution in [2.24, 2.45) is 0 Å². The van der Waals surface area contributed by atoms with Crippen LogP contribution in [0.25, 0.3) is 0 Å². The van der Waals surface area contributed by atoms with Crippen molar-refractivity contribution in [2.45, 2.75) is 19.0 Å². The molecule has 0 bridgehead atoms. The number of aromatic nitrogens is 1. The van der Waals surface area contributed by atoms with Gasteiger partial charge in [0.2, 0.25) is 0 Å². The molecule has 1 unspecified atom stereocenters. The first-order valence-electron chi connectivity index (χ1n) is 7.19. The standard InChI is InChI=1S/C17H22ClN3/c1-19-17(15-3-5-16(18)6-4-15)9-12-21(2)13-14-7-10-20-11-8-14/h3-8,10-11,17,19H,9,12-13H2,1-2H3. The highest BCUT2D eigenvalue weighted by Crippen LogP contribution is 2.19. The van der Waals surface area contributed by atoms with E-state index in [2.05, 4.69) is 46.5 Å². The normalized spacial score (nSPS) is 12.6. The van der Waals surface area contributed by atoms with Crippen molar-refractivity contribution in [1.82, 2.24) is 15.2 Å². The third kappa shape index (κ3) is 5.12.